The number of amides is 1. The number of hydrogen-bond donors (Lipinski definition) is 2. The number of nitrogens with one attached hydrogen (secondary N) is 2. The van der Waals surface area contributed by atoms with E-state index in [2.05, 4.69) is 15.5 Å². The molecule has 3 aromatic rings. The fraction of sp³-hybridized carbons (Fsp3) is 0.448. The number of ether oxygens (including phenoxy) is 1. The third-order valence-electron chi connectivity index (χ3n) is 7.64. The molecule has 1 fully saturated rings. The molecule has 7 nitrogen and oxygen atoms in total. The van der Waals surface area contributed by atoms with Crippen molar-refractivity contribution in [2.24, 2.45) is 0 Å². The summed E-state index contributed by atoms with van der Waals surface area (Å²) in [5.74, 6) is -2.06. The topological polar surface area (TPSA) is 73.5 Å². The molecular weight excluding hydrogens is 545 g/mol. The number of H-pyrrole nitrogens is 1. The number of rotatable bonds is 9. The number of alkyl halides is 3. The summed E-state index contributed by atoms with van der Waals surface area (Å²) in [6.45, 7) is 2.72. The van der Waals surface area contributed by atoms with Crippen molar-refractivity contribution in [3.8, 4) is 5.75 Å². The lowest BCUT2D eigenvalue weighted by molar-refractivity contribution is -0.155. The van der Waals surface area contributed by atoms with E-state index in [-0.39, 0.29) is 24.7 Å². The minimum Gasteiger partial charge on any atom is -0.492 e. The minimum absolute atomic E-state index is 0.0236. The highest BCUT2D eigenvalue weighted by molar-refractivity contribution is 5.87. The molecule has 0 radical (unpaired) electrons. The SMILES string of the molecule is C[C@@H]1Cc2c(ccc3[nH]ncc23)[C@@H](c2c(F)cc(OCCNC/C=C/C(=O)N3CCCC3)cc2F)N1CC(F)(F)F. The van der Waals surface area contributed by atoms with Crippen LogP contribution in [0.1, 0.15) is 42.5 Å². The Kier molecular flexibility index (Phi) is 8.60. The van der Waals surface area contributed by atoms with Crippen LogP contribution < -0.4 is 10.1 Å². The summed E-state index contributed by atoms with van der Waals surface area (Å²) in [6.07, 6.45) is 2.56. The number of nitrogens with zero attached hydrogens (tertiary/aromatic N) is 3. The van der Waals surface area contributed by atoms with E-state index in [0.29, 0.717) is 29.7 Å². The normalized spacial score (nSPS) is 19.8. The van der Waals surface area contributed by atoms with E-state index in [1.54, 1.807) is 36.2 Å². The number of carbonyl (C=O) groups is 1. The number of benzene rings is 2. The molecule has 0 spiro atoms. The van der Waals surface area contributed by atoms with Gasteiger partial charge in [-0.15, -0.1) is 0 Å². The summed E-state index contributed by atoms with van der Waals surface area (Å²) in [7, 11) is 0. The van der Waals surface area contributed by atoms with Crippen LogP contribution in [-0.4, -0.2) is 77.5 Å². The number of hydrogen-bond acceptors (Lipinski definition) is 5. The Morgan fingerprint density at radius 2 is 1.93 bits per heavy atom. The van der Waals surface area contributed by atoms with Crippen LogP contribution >= 0.6 is 0 Å². The van der Waals surface area contributed by atoms with Crippen molar-refractivity contribution in [2.45, 2.75) is 44.4 Å². The van der Waals surface area contributed by atoms with Gasteiger partial charge in [-0.1, -0.05) is 12.1 Å². The van der Waals surface area contributed by atoms with Gasteiger partial charge in [-0.05, 0) is 43.4 Å². The van der Waals surface area contributed by atoms with Crippen molar-refractivity contribution in [3.05, 3.63) is 70.9 Å². The van der Waals surface area contributed by atoms with Crippen LogP contribution in [0.15, 0.2) is 42.6 Å². The van der Waals surface area contributed by atoms with Crippen molar-refractivity contribution in [2.75, 3.05) is 39.3 Å². The highest BCUT2D eigenvalue weighted by atomic mass is 19.4. The first-order valence-electron chi connectivity index (χ1n) is 13.7. The molecule has 1 aromatic heterocycles. The maximum atomic E-state index is 15.5. The van der Waals surface area contributed by atoms with Crippen molar-refractivity contribution < 1.29 is 31.5 Å². The van der Waals surface area contributed by atoms with Gasteiger partial charge in [0.1, 0.15) is 24.0 Å². The molecule has 5 rings (SSSR count). The Hall–Kier alpha value is -3.51. The standard InChI is InChI=1S/C29H32F5N5O2/c1-18-13-21-20(6-7-25-22(21)16-36-37-25)28(39(18)17-29(32,33)34)27-23(30)14-19(15-24(27)31)41-12-9-35-8-4-5-26(40)38-10-2-3-11-38/h4-7,14-16,18,28,35H,2-3,8-13,17H2,1H3,(H,36,37)/b5-4+/t18-,28+/m1/s1. The summed E-state index contributed by atoms with van der Waals surface area (Å²) in [5.41, 5.74) is 1.37. The molecule has 41 heavy (non-hydrogen) atoms. The third kappa shape index (κ3) is 6.54. The lowest BCUT2D eigenvalue weighted by atomic mass is 9.83. The van der Waals surface area contributed by atoms with Crippen LogP contribution in [0.4, 0.5) is 22.0 Å². The average molecular weight is 578 g/mol. The molecule has 0 aliphatic carbocycles. The second-order valence-electron chi connectivity index (χ2n) is 10.5. The highest BCUT2D eigenvalue weighted by Crippen LogP contribution is 2.43. The Balaban J connectivity index is 1.30. The molecular formula is C29H32F5N5O2. The second kappa shape index (κ2) is 12.2. The van der Waals surface area contributed by atoms with Gasteiger partial charge in [-0.2, -0.15) is 18.3 Å². The maximum Gasteiger partial charge on any atom is 0.401 e. The maximum absolute atomic E-state index is 15.5. The minimum atomic E-state index is -4.57. The van der Waals surface area contributed by atoms with Gasteiger partial charge in [0.05, 0.1) is 24.3 Å². The lowest BCUT2D eigenvalue weighted by Gasteiger charge is -2.42. The zero-order valence-corrected chi connectivity index (χ0v) is 22.6. The molecule has 0 unspecified atom stereocenters. The zero-order valence-electron chi connectivity index (χ0n) is 22.6. The van der Waals surface area contributed by atoms with E-state index < -0.39 is 42.0 Å². The van der Waals surface area contributed by atoms with E-state index in [9.17, 15) is 18.0 Å². The van der Waals surface area contributed by atoms with Crippen LogP contribution in [0.3, 0.4) is 0 Å². The molecule has 220 valence electrons. The zero-order chi connectivity index (χ0) is 29.1. The Bertz CT molecular complexity index is 1390. The number of carbonyl (C=O) groups excluding carboxylic acids is 1. The van der Waals surface area contributed by atoms with Crippen LogP contribution in [0.25, 0.3) is 10.9 Å². The first-order chi connectivity index (χ1) is 19.6. The van der Waals surface area contributed by atoms with Crippen LogP contribution in [0.5, 0.6) is 5.75 Å². The highest BCUT2D eigenvalue weighted by Gasteiger charge is 2.43. The summed E-state index contributed by atoms with van der Waals surface area (Å²) in [5, 5.41) is 10.6. The van der Waals surface area contributed by atoms with Crippen LogP contribution in [0, 0.1) is 11.6 Å². The Morgan fingerprint density at radius 3 is 2.63 bits per heavy atom. The molecule has 2 aromatic carbocycles. The van der Waals surface area contributed by atoms with E-state index in [0.717, 1.165) is 48.4 Å². The predicted octanol–water partition coefficient (Wildman–Crippen LogP) is 4.89. The average Bonchev–Trinajstić information content (AvgIpc) is 3.61. The monoisotopic (exact) mass is 577 g/mol. The van der Waals surface area contributed by atoms with Crippen LogP contribution in [-0.2, 0) is 11.2 Å². The van der Waals surface area contributed by atoms with Gasteiger partial charge in [0, 0.05) is 61.4 Å². The van der Waals surface area contributed by atoms with E-state index in [1.807, 2.05) is 0 Å². The van der Waals surface area contributed by atoms with Crippen molar-refractivity contribution >= 4 is 16.8 Å². The number of likely N-dealkylation sites (tertiary alicyclic amines) is 1. The fourth-order valence-corrected chi connectivity index (χ4v) is 5.73. The smallest absolute Gasteiger partial charge is 0.401 e. The molecule has 12 heteroatoms. The van der Waals surface area contributed by atoms with E-state index in [4.69, 9.17) is 4.74 Å². The van der Waals surface area contributed by atoms with Gasteiger partial charge in [-0.25, -0.2) is 8.78 Å². The first-order valence-corrected chi connectivity index (χ1v) is 13.7. The van der Waals surface area contributed by atoms with Gasteiger partial charge in [-0.3, -0.25) is 14.8 Å². The number of halogens is 5. The van der Waals surface area contributed by atoms with E-state index >= 15 is 8.78 Å². The molecule has 2 aliphatic heterocycles. The largest absolute Gasteiger partial charge is 0.492 e. The number of fused-ring (bicyclic) bond motifs is 3. The molecule has 3 heterocycles. The van der Waals surface area contributed by atoms with Crippen molar-refractivity contribution in [1.29, 1.82) is 0 Å². The van der Waals surface area contributed by atoms with Crippen LogP contribution in [0.2, 0.25) is 0 Å². The molecule has 1 amide bonds. The summed E-state index contributed by atoms with van der Waals surface area (Å²) in [4.78, 5) is 14.9. The molecule has 0 bridgehead atoms. The Morgan fingerprint density at radius 1 is 1.20 bits per heavy atom. The fourth-order valence-electron chi connectivity index (χ4n) is 5.73. The van der Waals surface area contributed by atoms with Crippen molar-refractivity contribution in [3.63, 3.8) is 0 Å². The molecule has 2 aliphatic rings. The second-order valence-corrected chi connectivity index (χ2v) is 10.5. The summed E-state index contributed by atoms with van der Waals surface area (Å²) < 4.78 is 77.5. The van der Waals surface area contributed by atoms with Gasteiger partial charge >= 0.3 is 6.18 Å². The summed E-state index contributed by atoms with van der Waals surface area (Å²) in [6, 6.07) is 3.35. The van der Waals surface area contributed by atoms with Gasteiger partial charge in [0.2, 0.25) is 5.91 Å². The number of aromatic amines is 1. The first kappa shape index (κ1) is 29.0. The van der Waals surface area contributed by atoms with Crippen molar-refractivity contribution in [1.82, 2.24) is 25.3 Å². The molecule has 2 N–H and O–H groups in total. The Labute approximate surface area is 234 Å². The molecule has 2 atom stereocenters. The quantitative estimate of drug-likeness (QED) is 0.215. The van der Waals surface area contributed by atoms with Gasteiger partial charge in [0.15, 0.2) is 0 Å². The molecule has 0 saturated carbocycles. The van der Waals surface area contributed by atoms with Gasteiger partial charge < -0.3 is 15.0 Å². The molecule has 1 saturated heterocycles. The predicted molar refractivity (Wildman–Crippen MR) is 144 cm³/mol. The van der Waals surface area contributed by atoms with Gasteiger partial charge in [0.25, 0.3) is 0 Å². The summed E-state index contributed by atoms with van der Waals surface area (Å²) >= 11 is 0. The lowest BCUT2D eigenvalue weighted by Crippen LogP contribution is -2.47. The van der Waals surface area contributed by atoms with E-state index in [1.165, 1.54) is 6.08 Å². The number of aromatic nitrogens is 2. The third-order valence-corrected chi connectivity index (χ3v) is 7.64.